The van der Waals surface area contributed by atoms with Gasteiger partial charge < -0.3 is 4.57 Å². The number of halogens is 1. The van der Waals surface area contributed by atoms with E-state index in [1.165, 1.54) is 5.52 Å². The number of benzene rings is 1. The van der Waals surface area contributed by atoms with Gasteiger partial charge in [0.15, 0.2) is 0 Å². The lowest BCUT2D eigenvalue weighted by Crippen LogP contribution is -2.32. The molecule has 3 heteroatoms. The monoisotopic (exact) mass is 264 g/mol. The fourth-order valence-corrected chi connectivity index (χ4v) is 3.10. The molecule has 0 aliphatic heterocycles. The minimum absolute atomic E-state index is 0.139. The van der Waals surface area contributed by atoms with Gasteiger partial charge in [0.05, 0.1) is 16.9 Å². The third kappa shape index (κ3) is 1.93. The molecular formula is C15H21ClN2. The fourth-order valence-electron chi connectivity index (χ4n) is 2.92. The van der Waals surface area contributed by atoms with Gasteiger partial charge in [-0.25, -0.2) is 4.98 Å². The van der Waals surface area contributed by atoms with E-state index < -0.39 is 0 Å². The van der Waals surface area contributed by atoms with Crippen molar-refractivity contribution < 1.29 is 0 Å². The maximum atomic E-state index is 6.10. The zero-order valence-electron chi connectivity index (χ0n) is 11.4. The summed E-state index contributed by atoms with van der Waals surface area (Å²) in [6.07, 6.45) is 3.30. The van der Waals surface area contributed by atoms with Crippen LogP contribution >= 0.6 is 11.6 Å². The summed E-state index contributed by atoms with van der Waals surface area (Å²) < 4.78 is 2.37. The van der Waals surface area contributed by atoms with Crippen LogP contribution in [0.2, 0.25) is 0 Å². The Balaban J connectivity index is 2.74. The molecule has 0 spiro atoms. The summed E-state index contributed by atoms with van der Waals surface area (Å²) in [6, 6.07) is 8.31. The first-order valence-corrected chi connectivity index (χ1v) is 7.28. The molecule has 0 bridgehead atoms. The second-order valence-electron chi connectivity index (χ2n) is 4.77. The topological polar surface area (TPSA) is 17.8 Å². The van der Waals surface area contributed by atoms with Crippen molar-refractivity contribution in [1.29, 1.82) is 0 Å². The molecule has 1 aromatic heterocycles. The molecule has 0 fully saturated rings. The molecule has 2 nitrogen and oxygen atoms in total. The Morgan fingerprint density at radius 3 is 2.28 bits per heavy atom. The van der Waals surface area contributed by atoms with Crippen molar-refractivity contribution in [2.24, 2.45) is 0 Å². The van der Waals surface area contributed by atoms with Gasteiger partial charge in [-0.2, -0.15) is 0 Å². The molecule has 0 saturated carbocycles. The summed E-state index contributed by atoms with van der Waals surface area (Å²) in [7, 11) is 0. The van der Waals surface area contributed by atoms with Gasteiger partial charge in [0.25, 0.3) is 0 Å². The molecule has 2 aromatic rings. The Morgan fingerprint density at radius 1 is 1.11 bits per heavy atom. The molecule has 2 rings (SSSR count). The molecule has 0 amide bonds. The Morgan fingerprint density at radius 2 is 1.72 bits per heavy atom. The zero-order valence-corrected chi connectivity index (χ0v) is 12.2. The van der Waals surface area contributed by atoms with Crippen LogP contribution in [0, 0.1) is 0 Å². The van der Waals surface area contributed by atoms with Crippen LogP contribution in [-0.2, 0) is 11.4 Å². The summed E-state index contributed by atoms with van der Waals surface area (Å²) in [5, 5.41) is 0. The van der Waals surface area contributed by atoms with Gasteiger partial charge in [-0.05, 0) is 31.4 Å². The minimum atomic E-state index is 0.139. The van der Waals surface area contributed by atoms with Gasteiger partial charge in [0, 0.05) is 5.54 Å². The van der Waals surface area contributed by atoms with Crippen molar-refractivity contribution in [2.75, 3.05) is 0 Å². The van der Waals surface area contributed by atoms with E-state index in [0.717, 1.165) is 30.6 Å². The van der Waals surface area contributed by atoms with Crippen molar-refractivity contribution >= 4 is 22.6 Å². The quantitative estimate of drug-likeness (QED) is 0.716. The summed E-state index contributed by atoms with van der Waals surface area (Å²) in [5.41, 5.74) is 2.40. The van der Waals surface area contributed by atoms with E-state index in [9.17, 15) is 0 Å². The molecule has 0 aliphatic carbocycles. The number of hydrogen-bond acceptors (Lipinski definition) is 1. The molecular weight excluding hydrogens is 244 g/mol. The van der Waals surface area contributed by atoms with Crippen LogP contribution in [0.15, 0.2) is 24.3 Å². The van der Waals surface area contributed by atoms with E-state index in [-0.39, 0.29) is 5.54 Å². The predicted molar refractivity (Wildman–Crippen MR) is 78.1 cm³/mol. The first kappa shape index (κ1) is 13.4. The second kappa shape index (κ2) is 5.31. The smallest absolute Gasteiger partial charge is 0.125 e. The highest BCUT2D eigenvalue weighted by atomic mass is 35.5. The number of alkyl halides is 1. The van der Waals surface area contributed by atoms with Crippen molar-refractivity contribution in [3.8, 4) is 0 Å². The van der Waals surface area contributed by atoms with Crippen LogP contribution in [0.1, 0.15) is 45.9 Å². The number of imidazole rings is 1. The summed E-state index contributed by atoms with van der Waals surface area (Å²) in [4.78, 5) is 4.67. The molecule has 0 saturated heterocycles. The normalized spacial score (nSPS) is 12.2. The van der Waals surface area contributed by atoms with Gasteiger partial charge in [0.2, 0.25) is 0 Å². The molecule has 0 atom stereocenters. The Labute approximate surface area is 114 Å². The number of hydrogen-bond donors (Lipinski definition) is 0. The molecule has 98 valence electrons. The van der Waals surface area contributed by atoms with E-state index in [4.69, 9.17) is 11.6 Å². The van der Waals surface area contributed by atoms with Crippen LogP contribution < -0.4 is 0 Å². The van der Waals surface area contributed by atoms with E-state index in [0.29, 0.717) is 5.88 Å². The third-order valence-corrected chi connectivity index (χ3v) is 4.44. The summed E-state index contributed by atoms with van der Waals surface area (Å²) in [5.74, 6) is 1.46. The van der Waals surface area contributed by atoms with Gasteiger partial charge >= 0.3 is 0 Å². The number of aromatic nitrogens is 2. The maximum absolute atomic E-state index is 6.10. The number of rotatable bonds is 5. The first-order chi connectivity index (χ1) is 8.72. The van der Waals surface area contributed by atoms with Gasteiger partial charge in [-0.3, -0.25) is 0 Å². The highest BCUT2D eigenvalue weighted by molar-refractivity contribution is 6.16. The van der Waals surface area contributed by atoms with Crippen LogP contribution in [0.5, 0.6) is 0 Å². The summed E-state index contributed by atoms with van der Waals surface area (Å²) in [6.45, 7) is 6.75. The lowest BCUT2D eigenvalue weighted by Gasteiger charge is -2.34. The van der Waals surface area contributed by atoms with Crippen LogP contribution in [0.4, 0.5) is 0 Å². The zero-order chi connectivity index (χ0) is 13.2. The first-order valence-electron chi connectivity index (χ1n) is 6.75. The van der Waals surface area contributed by atoms with E-state index >= 15 is 0 Å². The standard InChI is InChI=1S/C15H21ClN2/c1-4-15(5-2,6-3)18-13-10-8-7-9-12(13)17-14(18)11-16/h7-10H,4-6,11H2,1-3H3. The second-order valence-corrected chi connectivity index (χ2v) is 5.04. The van der Waals surface area contributed by atoms with Crippen LogP contribution in [0.3, 0.4) is 0 Å². The summed E-state index contributed by atoms with van der Waals surface area (Å²) >= 11 is 6.10. The molecule has 0 unspecified atom stereocenters. The maximum Gasteiger partial charge on any atom is 0.125 e. The Bertz CT molecular complexity index is 518. The average molecular weight is 265 g/mol. The highest BCUT2D eigenvalue weighted by Gasteiger charge is 2.30. The highest BCUT2D eigenvalue weighted by Crippen LogP contribution is 2.34. The molecule has 0 radical (unpaired) electrons. The van der Waals surface area contributed by atoms with E-state index in [1.807, 2.05) is 6.07 Å². The molecule has 1 aromatic carbocycles. The van der Waals surface area contributed by atoms with Crippen molar-refractivity contribution in [3.05, 3.63) is 30.1 Å². The number of fused-ring (bicyclic) bond motifs is 1. The van der Waals surface area contributed by atoms with Gasteiger partial charge in [0.1, 0.15) is 5.82 Å². The largest absolute Gasteiger partial charge is 0.321 e. The van der Waals surface area contributed by atoms with Crippen LogP contribution in [-0.4, -0.2) is 9.55 Å². The Hall–Kier alpha value is -1.02. The lowest BCUT2D eigenvalue weighted by atomic mass is 9.89. The third-order valence-electron chi connectivity index (χ3n) is 4.20. The molecule has 0 N–H and O–H groups in total. The van der Waals surface area contributed by atoms with Crippen molar-refractivity contribution in [1.82, 2.24) is 9.55 Å². The minimum Gasteiger partial charge on any atom is -0.321 e. The predicted octanol–water partition coefficient (Wildman–Crippen LogP) is 4.70. The lowest BCUT2D eigenvalue weighted by molar-refractivity contribution is 0.253. The van der Waals surface area contributed by atoms with Gasteiger partial charge in [-0.1, -0.05) is 32.9 Å². The number of para-hydroxylation sites is 2. The van der Waals surface area contributed by atoms with Crippen molar-refractivity contribution in [3.63, 3.8) is 0 Å². The van der Waals surface area contributed by atoms with Gasteiger partial charge in [-0.15, -0.1) is 11.6 Å². The molecule has 1 heterocycles. The average Bonchev–Trinajstić information content (AvgIpc) is 2.81. The van der Waals surface area contributed by atoms with E-state index in [1.54, 1.807) is 0 Å². The molecule has 18 heavy (non-hydrogen) atoms. The fraction of sp³-hybridized carbons (Fsp3) is 0.533. The van der Waals surface area contributed by atoms with Crippen molar-refractivity contribution in [2.45, 2.75) is 51.5 Å². The molecule has 0 aliphatic rings. The van der Waals surface area contributed by atoms with Crippen LogP contribution in [0.25, 0.3) is 11.0 Å². The number of nitrogens with zero attached hydrogens (tertiary/aromatic N) is 2. The Kier molecular flexibility index (Phi) is 3.96. The van der Waals surface area contributed by atoms with E-state index in [2.05, 4.69) is 48.5 Å². The SMILES string of the molecule is CCC(CC)(CC)n1c(CCl)nc2ccccc21.